The highest BCUT2D eigenvalue weighted by atomic mass is 19.1. The summed E-state index contributed by atoms with van der Waals surface area (Å²) in [7, 11) is 0. The van der Waals surface area contributed by atoms with Crippen LogP contribution < -0.4 is 5.32 Å². The van der Waals surface area contributed by atoms with Crippen LogP contribution in [0.3, 0.4) is 0 Å². The number of likely N-dealkylation sites (tertiary alicyclic amines) is 1. The van der Waals surface area contributed by atoms with Crippen LogP contribution in [-0.2, 0) is 9.59 Å². The third-order valence-electron chi connectivity index (χ3n) is 4.54. The van der Waals surface area contributed by atoms with Gasteiger partial charge in [-0.3, -0.25) is 14.4 Å². The van der Waals surface area contributed by atoms with Crippen LogP contribution in [0.1, 0.15) is 43.5 Å². The van der Waals surface area contributed by atoms with Gasteiger partial charge in [0.2, 0.25) is 11.8 Å². The van der Waals surface area contributed by atoms with Gasteiger partial charge in [0.1, 0.15) is 5.82 Å². The zero-order valence-corrected chi connectivity index (χ0v) is 14.8. The van der Waals surface area contributed by atoms with Gasteiger partial charge in [0.05, 0.1) is 11.5 Å². The normalized spacial score (nSPS) is 18.5. The van der Waals surface area contributed by atoms with Crippen LogP contribution in [0.2, 0.25) is 0 Å². The highest BCUT2D eigenvalue weighted by molar-refractivity contribution is 5.98. The molecule has 0 radical (unpaired) electrons. The zero-order valence-electron chi connectivity index (χ0n) is 14.8. The highest BCUT2D eigenvalue weighted by Gasteiger charge is 2.31. The van der Waals surface area contributed by atoms with Crippen molar-refractivity contribution < 1.29 is 18.8 Å². The molecule has 2 amide bonds. The maximum atomic E-state index is 13.7. The number of carbonyl (C=O) groups is 3. The first-order valence-corrected chi connectivity index (χ1v) is 8.78. The molecule has 1 heterocycles. The fourth-order valence-corrected chi connectivity index (χ4v) is 3.18. The van der Waals surface area contributed by atoms with Crippen LogP contribution in [0.25, 0.3) is 0 Å². The van der Waals surface area contributed by atoms with Crippen molar-refractivity contribution in [3.8, 4) is 0 Å². The summed E-state index contributed by atoms with van der Waals surface area (Å²) in [6.45, 7) is 5.07. The molecule has 136 valence electrons. The lowest BCUT2D eigenvalue weighted by Gasteiger charge is -2.33. The van der Waals surface area contributed by atoms with Crippen LogP contribution in [-0.4, -0.2) is 42.1 Å². The second kappa shape index (κ2) is 8.74. The lowest BCUT2D eigenvalue weighted by atomic mass is 9.94. The average Bonchev–Trinajstić information content (AvgIpc) is 2.61. The van der Waals surface area contributed by atoms with E-state index in [1.54, 1.807) is 17.9 Å². The monoisotopic (exact) mass is 348 g/mol. The van der Waals surface area contributed by atoms with Crippen LogP contribution >= 0.6 is 0 Å². The van der Waals surface area contributed by atoms with E-state index in [1.165, 1.54) is 18.2 Å². The van der Waals surface area contributed by atoms with E-state index in [0.29, 0.717) is 19.6 Å². The SMILES string of the molecule is CCNC(=O)[C@H]1CCCN(C(=O)[C@H](C)CC(=O)c2ccccc2F)C1. The Morgan fingerprint density at radius 2 is 2.04 bits per heavy atom. The molecule has 2 atom stereocenters. The summed E-state index contributed by atoms with van der Waals surface area (Å²) in [5.74, 6) is -1.88. The van der Waals surface area contributed by atoms with Crippen molar-refractivity contribution >= 4 is 17.6 Å². The Balaban J connectivity index is 1.96. The Morgan fingerprint density at radius 3 is 2.72 bits per heavy atom. The third-order valence-corrected chi connectivity index (χ3v) is 4.54. The van der Waals surface area contributed by atoms with Gasteiger partial charge < -0.3 is 10.2 Å². The Morgan fingerprint density at radius 1 is 1.32 bits per heavy atom. The molecule has 1 fully saturated rings. The first-order chi connectivity index (χ1) is 11.9. The molecule has 25 heavy (non-hydrogen) atoms. The Kier molecular flexibility index (Phi) is 6.67. The van der Waals surface area contributed by atoms with E-state index in [1.807, 2.05) is 6.92 Å². The molecule has 0 aliphatic carbocycles. The summed E-state index contributed by atoms with van der Waals surface area (Å²) in [4.78, 5) is 38.5. The number of nitrogens with zero attached hydrogens (tertiary/aromatic N) is 1. The lowest BCUT2D eigenvalue weighted by molar-refractivity contribution is -0.138. The lowest BCUT2D eigenvalue weighted by Crippen LogP contribution is -2.47. The summed E-state index contributed by atoms with van der Waals surface area (Å²) in [6.07, 6.45) is 1.49. The van der Waals surface area contributed by atoms with E-state index < -0.39 is 11.7 Å². The molecule has 1 N–H and O–H groups in total. The number of halogens is 1. The second-order valence-corrected chi connectivity index (χ2v) is 6.53. The van der Waals surface area contributed by atoms with Gasteiger partial charge in [0.25, 0.3) is 0 Å². The molecule has 5 nitrogen and oxygen atoms in total. The summed E-state index contributed by atoms with van der Waals surface area (Å²) >= 11 is 0. The first-order valence-electron chi connectivity index (χ1n) is 8.78. The molecular formula is C19H25FN2O3. The highest BCUT2D eigenvalue weighted by Crippen LogP contribution is 2.21. The minimum absolute atomic E-state index is 0.0148. The fourth-order valence-electron chi connectivity index (χ4n) is 3.18. The van der Waals surface area contributed by atoms with Gasteiger partial charge >= 0.3 is 0 Å². The standard InChI is InChI=1S/C19H25FN2O3/c1-3-21-18(24)14-7-6-10-22(12-14)19(25)13(2)11-17(23)15-8-4-5-9-16(15)20/h4-5,8-9,13-14H,3,6-7,10-12H2,1-2H3,(H,21,24)/t13-,14+/m1/s1. The summed E-state index contributed by atoms with van der Waals surface area (Å²) in [5.41, 5.74) is 0.0148. The molecule has 1 aromatic carbocycles. The number of Topliss-reactive ketones (excluding diaryl/α,β-unsaturated/α-hetero) is 1. The number of hydrogen-bond acceptors (Lipinski definition) is 3. The number of hydrogen-bond donors (Lipinski definition) is 1. The number of nitrogens with one attached hydrogen (secondary N) is 1. The van der Waals surface area contributed by atoms with Crippen LogP contribution in [0.5, 0.6) is 0 Å². The summed E-state index contributed by atoms with van der Waals surface area (Å²) in [5, 5.41) is 2.79. The minimum Gasteiger partial charge on any atom is -0.356 e. The molecule has 0 bridgehead atoms. The fraction of sp³-hybridized carbons (Fsp3) is 0.526. The average molecular weight is 348 g/mol. The molecule has 1 aliphatic rings. The molecule has 6 heteroatoms. The van der Waals surface area contributed by atoms with Gasteiger partial charge in [-0.15, -0.1) is 0 Å². The predicted octanol–water partition coefficient (Wildman–Crippen LogP) is 2.41. The second-order valence-electron chi connectivity index (χ2n) is 6.53. The van der Waals surface area contributed by atoms with Gasteiger partial charge in [0.15, 0.2) is 5.78 Å². The summed E-state index contributed by atoms with van der Waals surface area (Å²) in [6, 6.07) is 5.79. The zero-order chi connectivity index (χ0) is 18.4. The van der Waals surface area contributed by atoms with E-state index >= 15 is 0 Å². The maximum absolute atomic E-state index is 13.7. The van der Waals surface area contributed by atoms with Gasteiger partial charge in [-0.05, 0) is 31.9 Å². The Hall–Kier alpha value is -2.24. The predicted molar refractivity (Wildman–Crippen MR) is 92.5 cm³/mol. The number of rotatable bonds is 6. The number of piperidine rings is 1. The largest absolute Gasteiger partial charge is 0.356 e. The number of amides is 2. The first kappa shape index (κ1) is 19.1. The van der Waals surface area contributed by atoms with Crippen molar-refractivity contribution in [1.82, 2.24) is 10.2 Å². The molecule has 1 aromatic rings. The number of ketones is 1. The van der Waals surface area contributed by atoms with E-state index in [0.717, 1.165) is 12.8 Å². The van der Waals surface area contributed by atoms with Crippen molar-refractivity contribution in [2.24, 2.45) is 11.8 Å². The molecule has 2 rings (SSSR count). The summed E-state index contributed by atoms with van der Waals surface area (Å²) < 4.78 is 13.7. The Labute approximate surface area is 147 Å². The van der Waals surface area contributed by atoms with Crippen molar-refractivity contribution in [1.29, 1.82) is 0 Å². The van der Waals surface area contributed by atoms with Gasteiger partial charge in [-0.1, -0.05) is 19.1 Å². The van der Waals surface area contributed by atoms with Crippen molar-refractivity contribution in [2.45, 2.75) is 33.1 Å². The molecule has 0 unspecified atom stereocenters. The van der Waals surface area contributed by atoms with Crippen molar-refractivity contribution in [3.63, 3.8) is 0 Å². The maximum Gasteiger partial charge on any atom is 0.225 e. The van der Waals surface area contributed by atoms with Crippen LogP contribution in [0.15, 0.2) is 24.3 Å². The van der Waals surface area contributed by atoms with Crippen molar-refractivity contribution in [3.05, 3.63) is 35.6 Å². The smallest absolute Gasteiger partial charge is 0.225 e. The van der Waals surface area contributed by atoms with Gasteiger partial charge in [0, 0.05) is 32.0 Å². The number of carbonyl (C=O) groups excluding carboxylic acids is 3. The topological polar surface area (TPSA) is 66.5 Å². The molecule has 0 saturated carbocycles. The minimum atomic E-state index is -0.568. The van der Waals surface area contributed by atoms with Crippen LogP contribution in [0.4, 0.5) is 4.39 Å². The number of benzene rings is 1. The van der Waals surface area contributed by atoms with E-state index in [2.05, 4.69) is 5.32 Å². The Bertz CT molecular complexity index is 647. The van der Waals surface area contributed by atoms with Gasteiger partial charge in [-0.2, -0.15) is 0 Å². The quantitative estimate of drug-likeness (QED) is 0.803. The third kappa shape index (κ3) is 4.87. The molecule has 0 aromatic heterocycles. The molecule has 0 spiro atoms. The molecule has 1 aliphatic heterocycles. The van der Waals surface area contributed by atoms with E-state index in [4.69, 9.17) is 0 Å². The van der Waals surface area contributed by atoms with Crippen LogP contribution in [0, 0.1) is 17.7 Å². The van der Waals surface area contributed by atoms with Crippen molar-refractivity contribution in [2.75, 3.05) is 19.6 Å². The van der Waals surface area contributed by atoms with Gasteiger partial charge in [-0.25, -0.2) is 4.39 Å². The van der Waals surface area contributed by atoms with E-state index in [9.17, 15) is 18.8 Å². The molecule has 1 saturated heterocycles. The molecular weight excluding hydrogens is 323 g/mol. The van der Waals surface area contributed by atoms with E-state index in [-0.39, 0.29) is 35.5 Å².